The fraction of sp³-hybridized carbons (Fsp3) is 0.450. The van der Waals surface area contributed by atoms with Crippen molar-refractivity contribution in [2.45, 2.75) is 58.0 Å². The molecule has 4 rings (SSSR count). The quantitative estimate of drug-likeness (QED) is 0.753. The van der Waals surface area contributed by atoms with Crippen LogP contribution < -0.4 is 14.9 Å². The van der Waals surface area contributed by atoms with E-state index in [1.165, 1.54) is 6.07 Å². The molecule has 2 aromatic rings. The van der Waals surface area contributed by atoms with E-state index in [0.717, 1.165) is 0 Å². The minimum atomic E-state index is -1.25. The molecule has 0 fully saturated rings. The lowest BCUT2D eigenvalue weighted by Crippen LogP contribution is -2.49. The van der Waals surface area contributed by atoms with E-state index >= 15 is 0 Å². The van der Waals surface area contributed by atoms with Gasteiger partial charge in [-0.1, -0.05) is 0 Å². The Kier molecular flexibility index (Phi) is 3.37. The number of aliphatic hydroxyl groups is 2. The molecule has 2 aliphatic rings. The Bertz CT molecular complexity index is 1010. The Morgan fingerprint density at radius 3 is 2.46 bits per heavy atom. The Morgan fingerprint density at radius 1 is 1.08 bits per heavy atom. The highest BCUT2D eigenvalue weighted by Gasteiger charge is 2.46. The van der Waals surface area contributed by atoms with Gasteiger partial charge >= 0.3 is 0 Å². The van der Waals surface area contributed by atoms with Crippen LogP contribution in [-0.4, -0.2) is 27.5 Å². The molecule has 26 heavy (non-hydrogen) atoms. The molecule has 0 saturated heterocycles. The Hall–Kier alpha value is -2.31. The summed E-state index contributed by atoms with van der Waals surface area (Å²) in [5, 5.41) is 21.5. The number of aliphatic hydroxyl groups excluding tert-OH is 2. The van der Waals surface area contributed by atoms with Crippen molar-refractivity contribution >= 4 is 17.0 Å². The molecule has 0 radical (unpaired) electrons. The van der Waals surface area contributed by atoms with Gasteiger partial charge in [-0.15, -0.1) is 0 Å². The molecule has 1 aromatic carbocycles. The van der Waals surface area contributed by atoms with Crippen LogP contribution in [0.5, 0.6) is 11.5 Å². The summed E-state index contributed by atoms with van der Waals surface area (Å²) in [5.74, 6) is 1.15. The van der Waals surface area contributed by atoms with Crippen molar-refractivity contribution in [2.75, 3.05) is 0 Å². The average Bonchev–Trinajstić information content (AvgIpc) is 2.50. The largest absolute Gasteiger partial charge is 0.484 e. The Morgan fingerprint density at radius 2 is 1.77 bits per heavy atom. The van der Waals surface area contributed by atoms with E-state index in [1.54, 1.807) is 20.8 Å². The summed E-state index contributed by atoms with van der Waals surface area (Å²) < 4.78 is 17.9. The van der Waals surface area contributed by atoms with Gasteiger partial charge < -0.3 is 24.1 Å². The van der Waals surface area contributed by atoms with Crippen molar-refractivity contribution in [3.05, 3.63) is 39.3 Å². The van der Waals surface area contributed by atoms with Crippen LogP contribution in [0.25, 0.3) is 17.0 Å². The normalized spacial score (nSPS) is 25.2. The van der Waals surface area contributed by atoms with Crippen molar-refractivity contribution < 1.29 is 24.1 Å². The summed E-state index contributed by atoms with van der Waals surface area (Å²) in [6.45, 7) is 8.83. The van der Waals surface area contributed by atoms with E-state index in [0.29, 0.717) is 22.8 Å². The second kappa shape index (κ2) is 5.11. The molecule has 2 N–H and O–H groups in total. The standard InChI is InChI=1S/C20H22O6/c1-9-8-11(21)12-15-10(6-7-19(2,3)25-15)16-13(17(12)24-9)14(22)18(23)20(4,5)26-16/h6-8,14,18,22-23H,1-5H3/t14-,18+/m0/s1. The van der Waals surface area contributed by atoms with Crippen LogP contribution in [0, 0.1) is 6.92 Å². The number of hydrogen-bond acceptors (Lipinski definition) is 6. The van der Waals surface area contributed by atoms with Crippen LogP contribution in [0.1, 0.15) is 50.7 Å². The van der Waals surface area contributed by atoms with E-state index in [1.807, 2.05) is 26.0 Å². The highest BCUT2D eigenvalue weighted by atomic mass is 16.5. The second-order valence-electron chi connectivity index (χ2n) is 8.05. The number of hydrogen-bond donors (Lipinski definition) is 2. The third-order valence-electron chi connectivity index (χ3n) is 4.97. The molecule has 0 bridgehead atoms. The lowest BCUT2D eigenvalue weighted by Gasteiger charge is -2.42. The maximum absolute atomic E-state index is 12.7. The van der Waals surface area contributed by atoms with E-state index in [4.69, 9.17) is 13.9 Å². The molecule has 2 atom stereocenters. The zero-order chi connectivity index (χ0) is 19.0. The molecule has 2 aliphatic heterocycles. The fourth-order valence-electron chi connectivity index (χ4n) is 3.58. The number of aryl methyl sites for hydroxylation is 1. The zero-order valence-electron chi connectivity index (χ0n) is 15.4. The van der Waals surface area contributed by atoms with Gasteiger partial charge in [-0.3, -0.25) is 4.79 Å². The molecule has 0 saturated carbocycles. The third kappa shape index (κ3) is 2.29. The predicted molar refractivity (Wildman–Crippen MR) is 96.6 cm³/mol. The van der Waals surface area contributed by atoms with E-state index < -0.39 is 23.4 Å². The Labute approximate surface area is 150 Å². The van der Waals surface area contributed by atoms with Crippen molar-refractivity contribution in [1.29, 1.82) is 0 Å². The molecule has 0 unspecified atom stereocenters. The van der Waals surface area contributed by atoms with Crippen LogP contribution in [0.2, 0.25) is 0 Å². The maximum atomic E-state index is 12.7. The Balaban J connectivity index is 2.19. The number of fused-ring (bicyclic) bond motifs is 6. The van der Waals surface area contributed by atoms with Crippen LogP contribution in [0.15, 0.2) is 21.4 Å². The molecule has 6 nitrogen and oxygen atoms in total. The number of ether oxygens (including phenoxy) is 2. The summed E-state index contributed by atoms with van der Waals surface area (Å²) >= 11 is 0. The summed E-state index contributed by atoms with van der Waals surface area (Å²) in [6, 6.07) is 1.39. The molecule has 3 heterocycles. The summed E-state index contributed by atoms with van der Waals surface area (Å²) in [5.41, 5.74) is -0.842. The first-order valence-corrected chi connectivity index (χ1v) is 8.59. The maximum Gasteiger partial charge on any atom is 0.196 e. The highest BCUT2D eigenvalue weighted by molar-refractivity contribution is 5.95. The molecule has 0 amide bonds. The molecule has 1 aromatic heterocycles. The molecular formula is C20H22O6. The lowest BCUT2D eigenvalue weighted by atomic mass is 9.85. The van der Waals surface area contributed by atoms with Gasteiger partial charge in [-0.2, -0.15) is 0 Å². The van der Waals surface area contributed by atoms with E-state index in [-0.39, 0.29) is 22.0 Å². The van der Waals surface area contributed by atoms with Crippen molar-refractivity contribution in [1.82, 2.24) is 0 Å². The van der Waals surface area contributed by atoms with Crippen LogP contribution in [0.4, 0.5) is 0 Å². The van der Waals surface area contributed by atoms with Crippen LogP contribution in [-0.2, 0) is 0 Å². The summed E-state index contributed by atoms with van der Waals surface area (Å²) in [4.78, 5) is 12.7. The van der Waals surface area contributed by atoms with Crippen LogP contribution in [0.3, 0.4) is 0 Å². The van der Waals surface area contributed by atoms with Gasteiger partial charge in [0.15, 0.2) is 11.0 Å². The number of benzene rings is 1. The fourth-order valence-corrected chi connectivity index (χ4v) is 3.58. The molecule has 0 spiro atoms. The topological polar surface area (TPSA) is 89.1 Å². The number of rotatable bonds is 0. The monoisotopic (exact) mass is 358 g/mol. The highest BCUT2D eigenvalue weighted by Crippen LogP contribution is 2.51. The van der Waals surface area contributed by atoms with Crippen LogP contribution >= 0.6 is 0 Å². The summed E-state index contributed by atoms with van der Waals surface area (Å²) in [6.07, 6.45) is 1.27. The second-order valence-corrected chi connectivity index (χ2v) is 8.05. The van der Waals surface area contributed by atoms with Gasteiger partial charge in [0, 0.05) is 6.07 Å². The minimum Gasteiger partial charge on any atom is -0.484 e. The molecule has 0 aliphatic carbocycles. The summed E-state index contributed by atoms with van der Waals surface area (Å²) in [7, 11) is 0. The van der Waals surface area contributed by atoms with E-state index in [2.05, 4.69) is 0 Å². The smallest absolute Gasteiger partial charge is 0.196 e. The van der Waals surface area contributed by atoms with Gasteiger partial charge in [-0.25, -0.2) is 0 Å². The third-order valence-corrected chi connectivity index (χ3v) is 4.97. The first-order chi connectivity index (χ1) is 12.0. The predicted octanol–water partition coefficient (Wildman–Crippen LogP) is 2.85. The first kappa shape index (κ1) is 17.1. The van der Waals surface area contributed by atoms with Gasteiger partial charge in [0.1, 0.15) is 46.1 Å². The van der Waals surface area contributed by atoms with Gasteiger partial charge in [-0.05, 0) is 46.8 Å². The first-order valence-electron chi connectivity index (χ1n) is 8.59. The van der Waals surface area contributed by atoms with Crippen molar-refractivity contribution in [3.63, 3.8) is 0 Å². The zero-order valence-corrected chi connectivity index (χ0v) is 15.4. The molecule has 6 heteroatoms. The van der Waals surface area contributed by atoms with Gasteiger partial charge in [0.25, 0.3) is 0 Å². The lowest BCUT2D eigenvalue weighted by molar-refractivity contribution is -0.111. The average molecular weight is 358 g/mol. The van der Waals surface area contributed by atoms with Gasteiger partial charge in [0.05, 0.1) is 11.1 Å². The van der Waals surface area contributed by atoms with Crippen molar-refractivity contribution in [2.24, 2.45) is 0 Å². The van der Waals surface area contributed by atoms with E-state index in [9.17, 15) is 15.0 Å². The SMILES string of the molecule is Cc1cc(=O)c2c3c(c4c(c2o1)[C@H](O)[C@@H](O)C(C)(C)O4)C=CC(C)(C)O3. The van der Waals surface area contributed by atoms with Gasteiger partial charge in [0.2, 0.25) is 0 Å². The molecular weight excluding hydrogens is 336 g/mol. The molecule has 138 valence electrons. The minimum absolute atomic E-state index is 0.192. The van der Waals surface area contributed by atoms with Crippen molar-refractivity contribution in [3.8, 4) is 11.5 Å².